The van der Waals surface area contributed by atoms with Crippen molar-refractivity contribution in [3.05, 3.63) is 63.3 Å². The van der Waals surface area contributed by atoms with Crippen molar-refractivity contribution < 1.29 is 4.39 Å². The first kappa shape index (κ1) is 10.5. The van der Waals surface area contributed by atoms with Crippen molar-refractivity contribution in [3.63, 3.8) is 0 Å². The van der Waals surface area contributed by atoms with Crippen molar-refractivity contribution >= 4 is 0 Å². The number of nitrogens with one attached hydrogen (secondary N) is 1. The molecule has 0 bridgehead atoms. The first-order valence-electron chi connectivity index (χ1n) is 4.95. The first-order chi connectivity index (χ1) is 7.66. The Hall–Kier alpha value is -1.97. The van der Waals surface area contributed by atoms with Crippen LogP contribution < -0.4 is 5.56 Å². The van der Waals surface area contributed by atoms with Crippen LogP contribution in [-0.4, -0.2) is 10.2 Å². The maximum absolute atomic E-state index is 13.4. The smallest absolute Gasteiger partial charge is 0.267 e. The quantitative estimate of drug-likeness (QED) is 0.835. The van der Waals surface area contributed by atoms with Gasteiger partial charge in [-0.3, -0.25) is 4.79 Å². The van der Waals surface area contributed by atoms with E-state index < -0.39 is 0 Å². The number of aromatic amines is 1. The number of benzene rings is 1. The van der Waals surface area contributed by atoms with Crippen LogP contribution in [0.4, 0.5) is 4.39 Å². The number of hydrogen-bond acceptors (Lipinski definition) is 2. The van der Waals surface area contributed by atoms with E-state index in [1.807, 2.05) is 0 Å². The molecule has 1 heterocycles. The second kappa shape index (κ2) is 4.26. The highest BCUT2D eigenvalue weighted by atomic mass is 19.1. The molecule has 0 radical (unpaired) electrons. The number of H-pyrrole nitrogens is 1. The maximum atomic E-state index is 13.4. The molecule has 2 rings (SSSR count). The van der Waals surface area contributed by atoms with Crippen LogP contribution in [-0.2, 0) is 6.42 Å². The van der Waals surface area contributed by atoms with Crippen molar-refractivity contribution in [1.29, 1.82) is 0 Å². The Kier molecular flexibility index (Phi) is 2.81. The van der Waals surface area contributed by atoms with Gasteiger partial charge in [0.1, 0.15) is 5.82 Å². The van der Waals surface area contributed by atoms with E-state index >= 15 is 0 Å². The van der Waals surface area contributed by atoms with Gasteiger partial charge in [0.05, 0.1) is 5.69 Å². The predicted molar refractivity (Wildman–Crippen MR) is 58.8 cm³/mol. The van der Waals surface area contributed by atoms with Gasteiger partial charge in [0.2, 0.25) is 0 Å². The molecule has 0 aliphatic heterocycles. The molecule has 0 fully saturated rings. The van der Waals surface area contributed by atoms with Crippen molar-refractivity contribution in [2.75, 3.05) is 0 Å². The second-order valence-corrected chi connectivity index (χ2v) is 3.63. The molecule has 0 spiro atoms. The molecule has 0 saturated heterocycles. The van der Waals surface area contributed by atoms with Gasteiger partial charge in [0.15, 0.2) is 0 Å². The van der Waals surface area contributed by atoms with Crippen LogP contribution in [0.25, 0.3) is 0 Å². The fraction of sp³-hybridized carbons (Fsp3) is 0.167. The first-order valence-corrected chi connectivity index (χ1v) is 4.95. The van der Waals surface area contributed by atoms with E-state index in [0.717, 1.165) is 0 Å². The molecular weight excluding hydrogens is 207 g/mol. The number of aryl methyl sites for hydroxylation is 1. The lowest BCUT2D eigenvalue weighted by atomic mass is 10.1. The Balaban J connectivity index is 2.38. The minimum absolute atomic E-state index is 0.270. The number of halogens is 1. The van der Waals surface area contributed by atoms with Gasteiger partial charge < -0.3 is 0 Å². The predicted octanol–water partition coefficient (Wildman–Crippen LogP) is 1.81. The zero-order valence-electron chi connectivity index (χ0n) is 8.83. The Morgan fingerprint density at radius 3 is 2.81 bits per heavy atom. The van der Waals surface area contributed by atoms with E-state index in [2.05, 4.69) is 10.2 Å². The van der Waals surface area contributed by atoms with E-state index in [9.17, 15) is 9.18 Å². The molecule has 1 aromatic carbocycles. The molecule has 1 N–H and O–H groups in total. The highest BCUT2D eigenvalue weighted by molar-refractivity contribution is 5.25. The standard InChI is InChI=1S/C12H11FN2O/c1-8-6-10(12(16)15-14-8)7-9-4-2-3-5-11(9)13/h2-6H,7H2,1H3,(H,15,16). The molecule has 0 unspecified atom stereocenters. The molecule has 0 saturated carbocycles. The van der Waals surface area contributed by atoms with E-state index in [-0.39, 0.29) is 17.8 Å². The fourth-order valence-corrected chi connectivity index (χ4v) is 1.54. The van der Waals surface area contributed by atoms with E-state index in [0.29, 0.717) is 16.8 Å². The van der Waals surface area contributed by atoms with Gasteiger partial charge in [-0.15, -0.1) is 0 Å². The van der Waals surface area contributed by atoms with Gasteiger partial charge in [-0.1, -0.05) is 18.2 Å². The Bertz CT molecular complexity index is 563. The summed E-state index contributed by atoms with van der Waals surface area (Å²) in [5.74, 6) is -0.295. The van der Waals surface area contributed by atoms with Crippen molar-refractivity contribution in [3.8, 4) is 0 Å². The van der Waals surface area contributed by atoms with Gasteiger partial charge in [-0.2, -0.15) is 5.10 Å². The minimum Gasteiger partial charge on any atom is -0.268 e. The summed E-state index contributed by atoms with van der Waals surface area (Å²) in [6.07, 6.45) is 0.283. The van der Waals surface area contributed by atoms with Crippen LogP contribution in [0.15, 0.2) is 35.1 Å². The van der Waals surface area contributed by atoms with Gasteiger partial charge in [-0.25, -0.2) is 9.49 Å². The molecule has 0 amide bonds. The molecule has 1 aromatic heterocycles. The summed E-state index contributed by atoms with van der Waals surface area (Å²) in [5.41, 5.74) is 1.48. The zero-order valence-corrected chi connectivity index (χ0v) is 8.83. The molecule has 0 aliphatic carbocycles. The third kappa shape index (κ3) is 2.16. The van der Waals surface area contributed by atoms with Gasteiger partial charge in [0, 0.05) is 12.0 Å². The molecule has 16 heavy (non-hydrogen) atoms. The highest BCUT2D eigenvalue weighted by Gasteiger charge is 2.06. The summed E-state index contributed by atoms with van der Waals surface area (Å²) >= 11 is 0. The van der Waals surface area contributed by atoms with Gasteiger partial charge in [-0.05, 0) is 24.6 Å². The lowest BCUT2D eigenvalue weighted by Gasteiger charge is -2.02. The normalized spacial score (nSPS) is 10.4. The van der Waals surface area contributed by atoms with Crippen LogP contribution in [0.2, 0.25) is 0 Å². The largest absolute Gasteiger partial charge is 0.268 e. The number of rotatable bonds is 2. The lowest BCUT2D eigenvalue weighted by Crippen LogP contribution is -2.15. The summed E-state index contributed by atoms with van der Waals surface area (Å²) < 4.78 is 13.4. The Labute approximate surface area is 92.0 Å². The van der Waals surface area contributed by atoms with Crippen LogP contribution in [0.5, 0.6) is 0 Å². The van der Waals surface area contributed by atoms with E-state index in [1.54, 1.807) is 31.2 Å². The van der Waals surface area contributed by atoms with E-state index in [4.69, 9.17) is 0 Å². The fourth-order valence-electron chi connectivity index (χ4n) is 1.54. The molecule has 2 aromatic rings. The van der Waals surface area contributed by atoms with Crippen molar-refractivity contribution in [1.82, 2.24) is 10.2 Å². The van der Waals surface area contributed by atoms with Crippen LogP contribution in [0, 0.1) is 12.7 Å². The maximum Gasteiger partial charge on any atom is 0.267 e. The minimum atomic E-state index is -0.295. The molecule has 0 aliphatic rings. The third-order valence-electron chi connectivity index (χ3n) is 2.35. The molecular formula is C12H11FN2O. The van der Waals surface area contributed by atoms with Crippen LogP contribution >= 0.6 is 0 Å². The average molecular weight is 218 g/mol. The number of nitrogens with zero attached hydrogens (tertiary/aromatic N) is 1. The highest BCUT2D eigenvalue weighted by Crippen LogP contribution is 2.10. The van der Waals surface area contributed by atoms with Crippen molar-refractivity contribution in [2.45, 2.75) is 13.3 Å². The third-order valence-corrected chi connectivity index (χ3v) is 2.35. The molecule has 3 nitrogen and oxygen atoms in total. The second-order valence-electron chi connectivity index (χ2n) is 3.63. The monoisotopic (exact) mass is 218 g/mol. The number of hydrogen-bond donors (Lipinski definition) is 1. The van der Waals surface area contributed by atoms with Crippen molar-refractivity contribution in [2.24, 2.45) is 0 Å². The van der Waals surface area contributed by atoms with E-state index in [1.165, 1.54) is 6.07 Å². The Morgan fingerprint density at radius 1 is 1.31 bits per heavy atom. The summed E-state index contributed by atoms with van der Waals surface area (Å²) in [6.45, 7) is 1.78. The summed E-state index contributed by atoms with van der Waals surface area (Å²) in [7, 11) is 0. The summed E-state index contributed by atoms with van der Waals surface area (Å²) in [6, 6.07) is 8.11. The van der Waals surface area contributed by atoms with Crippen LogP contribution in [0.3, 0.4) is 0 Å². The number of aromatic nitrogens is 2. The van der Waals surface area contributed by atoms with Gasteiger partial charge >= 0.3 is 0 Å². The van der Waals surface area contributed by atoms with Gasteiger partial charge in [0.25, 0.3) is 5.56 Å². The molecule has 0 atom stereocenters. The molecule has 4 heteroatoms. The zero-order chi connectivity index (χ0) is 11.5. The SMILES string of the molecule is Cc1cc(Cc2ccccc2F)c(=O)[nH]n1. The Morgan fingerprint density at radius 2 is 2.06 bits per heavy atom. The topological polar surface area (TPSA) is 45.8 Å². The lowest BCUT2D eigenvalue weighted by molar-refractivity contribution is 0.613. The summed E-state index contributed by atoms with van der Waals surface area (Å²) in [5, 5.41) is 6.15. The average Bonchev–Trinajstić information content (AvgIpc) is 2.27. The van der Waals surface area contributed by atoms with Crippen LogP contribution in [0.1, 0.15) is 16.8 Å². The summed E-state index contributed by atoms with van der Waals surface area (Å²) in [4.78, 5) is 11.4. The molecule has 82 valence electrons.